The maximum atomic E-state index is 12.8. The van der Waals surface area contributed by atoms with E-state index in [1.807, 2.05) is 0 Å². The van der Waals surface area contributed by atoms with Crippen LogP contribution in [0.25, 0.3) is 0 Å². The highest BCUT2D eigenvalue weighted by atomic mass is 19.1. The van der Waals surface area contributed by atoms with Crippen molar-refractivity contribution in [1.29, 1.82) is 0 Å². The lowest BCUT2D eigenvalue weighted by Crippen LogP contribution is -2.17. The number of nitrogens with one attached hydrogen (secondary N) is 1. The molecular weight excluding hydrogens is 291 g/mol. The summed E-state index contributed by atoms with van der Waals surface area (Å²) >= 11 is 0. The molecule has 0 radical (unpaired) electrons. The fourth-order valence-electron chi connectivity index (χ4n) is 1.84. The third-order valence-corrected chi connectivity index (χ3v) is 2.88. The van der Waals surface area contributed by atoms with Crippen LogP contribution in [0.15, 0.2) is 42.5 Å². The minimum Gasteiger partial charge on any atom is -0.450 e. The molecule has 0 aliphatic rings. The number of nitro benzene ring substituents is 1. The fraction of sp³-hybridized carbons (Fsp3) is 0.200. The highest BCUT2D eigenvalue weighted by molar-refractivity contribution is 5.50. The van der Waals surface area contributed by atoms with E-state index in [1.54, 1.807) is 6.07 Å². The molecule has 2 aromatic rings. The zero-order valence-corrected chi connectivity index (χ0v) is 11.7. The molecule has 0 amide bonds. The normalized spacial score (nSPS) is 10.5. The lowest BCUT2D eigenvalue weighted by molar-refractivity contribution is -0.385. The van der Waals surface area contributed by atoms with Gasteiger partial charge in [0.05, 0.1) is 11.5 Å². The van der Waals surface area contributed by atoms with E-state index in [0.29, 0.717) is 24.4 Å². The first-order chi connectivity index (χ1) is 10.6. The van der Waals surface area contributed by atoms with E-state index < -0.39 is 10.7 Å². The Morgan fingerprint density at radius 2 is 1.95 bits per heavy atom. The Hall–Kier alpha value is -2.51. The van der Waals surface area contributed by atoms with Gasteiger partial charge in [-0.3, -0.25) is 10.1 Å². The summed E-state index contributed by atoms with van der Waals surface area (Å²) in [6, 6.07) is 9.82. The molecule has 2 N–H and O–H groups in total. The van der Waals surface area contributed by atoms with Crippen molar-refractivity contribution in [2.45, 2.75) is 6.54 Å². The van der Waals surface area contributed by atoms with Crippen LogP contribution in [0.2, 0.25) is 0 Å². The summed E-state index contributed by atoms with van der Waals surface area (Å²) in [5.74, 6) is -0.00896. The third-order valence-electron chi connectivity index (χ3n) is 2.88. The fourth-order valence-corrected chi connectivity index (χ4v) is 1.84. The van der Waals surface area contributed by atoms with Gasteiger partial charge in [0.1, 0.15) is 11.6 Å². The second-order valence-corrected chi connectivity index (χ2v) is 4.52. The third kappa shape index (κ3) is 4.24. The van der Waals surface area contributed by atoms with Crippen LogP contribution in [0, 0.1) is 15.9 Å². The van der Waals surface area contributed by atoms with Crippen molar-refractivity contribution in [2.75, 3.05) is 13.2 Å². The average molecular weight is 306 g/mol. The second-order valence-electron chi connectivity index (χ2n) is 4.52. The number of nitrogens with zero attached hydrogens (tertiary/aromatic N) is 1. The molecular formula is C15H15FN2O4. The Morgan fingerprint density at radius 3 is 2.59 bits per heavy atom. The molecule has 0 aromatic heterocycles. The van der Waals surface area contributed by atoms with Crippen molar-refractivity contribution in [3.63, 3.8) is 0 Å². The standard InChI is InChI=1S/C15H15FN2O4/c16-12-2-4-13(5-3-12)22-15-6-1-11(10-17-7-8-19)9-14(15)18(20)21/h1-6,9,17,19H,7-8,10H2. The molecule has 0 unspecified atom stereocenters. The summed E-state index contributed by atoms with van der Waals surface area (Å²) in [5.41, 5.74) is 0.527. The first-order valence-corrected chi connectivity index (χ1v) is 6.62. The Morgan fingerprint density at radius 1 is 1.23 bits per heavy atom. The summed E-state index contributed by atoms with van der Waals surface area (Å²) in [7, 11) is 0. The highest BCUT2D eigenvalue weighted by Gasteiger charge is 2.16. The Balaban J connectivity index is 2.19. The van der Waals surface area contributed by atoms with Crippen molar-refractivity contribution in [3.8, 4) is 11.5 Å². The molecule has 0 saturated heterocycles. The van der Waals surface area contributed by atoms with Crippen molar-refractivity contribution >= 4 is 5.69 Å². The lowest BCUT2D eigenvalue weighted by atomic mass is 10.2. The second kappa shape index (κ2) is 7.48. The van der Waals surface area contributed by atoms with Gasteiger partial charge in [0.25, 0.3) is 0 Å². The summed E-state index contributed by atoms with van der Waals surface area (Å²) in [6.07, 6.45) is 0. The van der Waals surface area contributed by atoms with Crippen molar-refractivity contribution < 1.29 is 19.2 Å². The Labute approximate surface area is 126 Å². The maximum absolute atomic E-state index is 12.8. The zero-order chi connectivity index (χ0) is 15.9. The van der Waals surface area contributed by atoms with Gasteiger partial charge in [-0.1, -0.05) is 6.07 Å². The summed E-state index contributed by atoms with van der Waals surface area (Å²) < 4.78 is 18.3. The number of aliphatic hydroxyl groups is 1. The van der Waals surface area contributed by atoms with Crippen LogP contribution in [0.3, 0.4) is 0 Å². The number of hydrogen-bond acceptors (Lipinski definition) is 5. The topological polar surface area (TPSA) is 84.6 Å². The largest absolute Gasteiger partial charge is 0.450 e. The van der Waals surface area contributed by atoms with Crippen LogP contribution < -0.4 is 10.1 Å². The van der Waals surface area contributed by atoms with Gasteiger partial charge in [-0.2, -0.15) is 0 Å². The first-order valence-electron chi connectivity index (χ1n) is 6.62. The molecule has 0 aliphatic heterocycles. The van der Waals surface area contributed by atoms with Gasteiger partial charge in [0, 0.05) is 19.2 Å². The molecule has 0 spiro atoms. The molecule has 0 saturated carbocycles. The van der Waals surface area contributed by atoms with Crippen LogP contribution in [-0.2, 0) is 6.54 Å². The average Bonchev–Trinajstić information content (AvgIpc) is 2.51. The van der Waals surface area contributed by atoms with Crippen molar-refractivity contribution in [2.24, 2.45) is 0 Å². The minimum absolute atomic E-state index is 0.00610. The molecule has 0 bridgehead atoms. The van der Waals surface area contributed by atoms with Gasteiger partial charge in [-0.25, -0.2) is 4.39 Å². The molecule has 2 aromatic carbocycles. The molecule has 0 heterocycles. The number of aliphatic hydroxyl groups excluding tert-OH is 1. The van der Waals surface area contributed by atoms with Crippen LogP contribution in [-0.4, -0.2) is 23.2 Å². The van der Waals surface area contributed by atoms with Gasteiger partial charge in [-0.15, -0.1) is 0 Å². The maximum Gasteiger partial charge on any atom is 0.311 e. The number of benzene rings is 2. The van der Waals surface area contributed by atoms with Crippen molar-refractivity contribution in [3.05, 3.63) is 64.0 Å². The quantitative estimate of drug-likeness (QED) is 0.466. The van der Waals surface area contributed by atoms with E-state index in [0.717, 1.165) is 0 Å². The number of halogens is 1. The molecule has 0 atom stereocenters. The molecule has 6 nitrogen and oxygen atoms in total. The summed E-state index contributed by atoms with van der Waals surface area (Å²) in [5, 5.41) is 22.8. The SMILES string of the molecule is O=[N+]([O-])c1cc(CNCCO)ccc1Oc1ccc(F)cc1. The smallest absolute Gasteiger partial charge is 0.311 e. The van der Waals surface area contributed by atoms with Gasteiger partial charge >= 0.3 is 5.69 Å². The van der Waals surface area contributed by atoms with E-state index in [2.05, 4.69) is 5.32 Å². The predicted octanol–water partition coefficient (Wildman–Crippen LogP) is 2.61. The number of hydrogen-bond donors (Lipinski definition) is 2. The Bertz CT molecular complexity index is 646. The van der Waals surface area contributed by atoms with E-state index in [1.165, 1.54) is 36.4 Å². The van der Waals surface area contributed by atoms with Crippen LogP contribution in [0.4, 0.5) is 10.1 Å². The van der Waals surface area contributed by atoms with E-state index in [-0.39, 0.29) is 18.0 Å². The van der Waals surface area contributed by atoms with Crippen LogP contribution in [0.1, 0.15) is 5.56 Å². The molecule has 2 rings (SSSR count). The van der Waals surface area contributed by atoms with Crippen molar-refractivity contribution in [1.82, 2.24) is 5.32 Å². The highest BCUT2D eigenvalue weighted by Crippen LogP contribution is 2.32. The van der Waals surface area contributed by atoms with Crippen LogP contribution in [0.5, 0.6) is 11.5 Å². The zero-order valence-electron chi connectivity index (χ0n) is 11.7. The van der Waals surface area contributed by atoms with E-state index in [9.17, 15) is 14.5 Å². The molecule has 22 heavy (non-hydrogen) atoms. The number of rotatable bonds is 7. The molecule has 0 fully saturated rings. The van der Waals surface area contributed by atoms with E-state index in [4.69, 9.17) is 9.84 Å². The number of ether oxygens (including phenoxy) is 1. The van der Waals surface area contributed by atoms with E-state index >= 15 is 0 Å². The van der Waals surface area contributed by atoms with Gasteiger partial charge in [0.2, 0.25) is 5.75 Å². The Kier molecular flexibility index (Phi) is 5.40. The minimum atomic E-state index is -0.533. The number of nitro groups is 1. The monoisotopic (exact) mass is 306 g/mol. The van der Waals surface area contributed by atoms with Crippen LogP contribution >= 0.6 is 0 Å². The predicted molar refractivity (Wildman–Crippen MR) is 78.4 cm³/mol. The first kappa shape index (κ1) is 15.9. The molecule has 7 heteroatoms. The van der Waals surface area contributed by atoms with Gasteiger partial charge < -0.3 is 15.2 Å². The molecule has 116 valence electrons. The summed E-state index contributed by atoms with van der Waals surface area (Å²) in [4.78, 5) is 10.6. The lowest BCUT2D eigenvalue weighted by Gasteiger charge is -2.08. The summed E-state index contributed by atoms with van der Waals surface area (Å²) in [6.45, 7) is 0.799. The van der Waals surface area contributed by atoms with Gasteiger partial charge in [0.15, 0.2) is 0 Å². The molecule has 0 aliphatic carbocycles. The van der Waals surface area contributed by atoms with Gasteiger partial charge in [-0.05, 0) is 35.9 Å².